The topological polar surface area (TPSA) is 15.3 Å². The lowest BCUT2D eigenvalue weighted by Crippen LogP contribution is -2.29. The van der Waals surface area contributed by atoms with E-state index in [-0.39, 0.29) is 0 Å². The van der Waals surface area contributed by atoms with Gasteiger partial charge in [-0.3, -0.25) is 10.4 Å². The zero-order valence-electron chi connectivity index (χ0n) is 7.22. The Balaban J connectivity index is 2.44. The zero-order chi connectivity index (χ0) is 8.27. The average molecular weight is 170 g/mol. The fraction of sp³-hybridized carbons (Fsp3) is 0.500. The van der Waals surface area contributed by atoms with Crippen LogP contribution in [0.25, 0.3) is 0 Å². The van der Waals surface area contributed by atoms with Crippen molar-refractivity contribution >= 4 is 11.3 Å². The molecule has 1 N–H and O–H groups in total. The minimum Gasteiger partial charge on any atom is -0.250 e. The lowest BCUT2D eigenvalue weighted by atomic mass is 10.3. The summed E-state index contributed by atoms with van der Waals surface area (Å²) in [6.45, 7) is 3.08. The summed E-state index contributed by atoms with van der Waals surface area (Å²) in [5, 5.41) is 4.10. The summed E-state index contributed by atoms with van der Waals surface area (Å²) in [4.78, 5) is 1.42. The molecule has 0 atom stereocenters. The summed E-state index contributed by atoms with van der Waals surface area (Å²) < 4.78 is 0. The molecule has 1 aromatic heterocycles. The van der Waals surface area contributed by atoms with E-state index in [0.29, 0.717) is 0 Å². The number of hydrogen-bond donors (Lipinski definition) is 1. The van der Waals surface area contributed by atoms with Gasteiger partial charge in [-0.15, -0.1) is 11.3 Å². The number of nitrogens with zero attached hydrogens (tertiary/aromatic N) is 1. The van der Waals surface area contributed by atoms with E-state index in [4.69, 9.17) is 0 Å². The zero-order valence-corrected chi connectivity index (χ0v) is 8.03. The van der Waals surface area contributed by atoms with Crippen LogP contribution >= 0.6 is 11.3 Å². The van der Waals surface area contributed by atoms with Gasteiger partial charge >= 0.3 is 0 Å². The van der Waals surface area contributed by atoms with E-state index in [9.17, 15) is 0 Å². The molecule has 2 nitrogen and oxygen atoms in total. The minimum atomic E-state index is 0.941. The summed E-state index contributed by atoms with van der Waals surface area (Å²) in [7, 11) is 4.01. The second-order valence-electron chi connectivity index (χ2n) is 2.76. The molecule has 0 saturated heterocycles. The van der Waals surface area contributed by atoms with E-state index >= 15 is 0 Å². The van der Waals surface area contributed by atoms with Gasteiger partial charge in [-0.1, -0.05) is 0 Å². The van der Waals surface area contributed by atoms with Gasteiger partial charge in [-0.05, 0) is 23.9 Å². The van der Waals surface area contributed by atoms with Crippen molar-refractivity contribution in [2.45, 2.75) is 13.5 Å². The molecule has 0 aromatic carbocycles. The van der Waals surface area contributed by atoms with Crippen LogP contribution in [0.3, 0.4) is 0 Å². The van der Waals surface area contributed by atoms with E-state index in [1.807, 2.05) is 19.1 Å². The van der Waals surface area contributed by atoms with Crippen LogP contribution in [-0.2, 0) is 6.54 Å². The molecule has 3 heteroatoms. The number of hydrazine groups is 1. The van der Waals surface area contributed by atoms with E-state index in [2.05, 4.69) is 23.8 Å². The van der Waals surface area contributed by atoms with Crippen LogP contribution in [0, 0.1) is 6.92 Å². The van der Waals surface area contributed by atoms with Crippen LogP contribution < -0.4 is 5.43 Å². The van der Waals surface area contributed by atoms with Crippen molar-refractivity contribution in [2.24, 2.45) is 0 Å². The molecule has 1 aromatic rings. The fourth-order valence-electron chi connectivity index (χ4n) is 0.815. The Morgan fingerprint density at radius 2 is 2.27 bits per heavy atom. The quantitative estimate of drug-likeness (QED) is 0.693. The number of thiophene rings is 1. The molecule has 0 radical (unpaired) electrons. The van der Waals surface area contributed by atoms with E-state index in [1.54, 1.807) is 11.3 Å². The Hall–Kier alpha value is -0.380. The van der Waals surface area contributed by atoms with Crippen LogP contribution in [0.4, 0.5) is 0 Å². The second kappa shape index (κ2) is 3.85. The fourth-order valence-corrected chi connectivity index (χ4v) is 1.65. The summed E-state index contributed by atoms with van der Waals surface area (Å²) in [6, 6.07) is 2.15. The smallest absolute Gasteiger partial charge is 0.0449 e. The second-order valence-corrected chi connectivity index (χ2v) is 3.76. The third kappa shape index (κ3) is 2.61. The van der Waals surface area contributed by atoms with E-state index in [1.165, 1.54) is 10.4 Å². The van der Waals surface area contributed by atoms with Gasteiger partial charge in [0.05, 0.1) is 0 Å². The predicted octanol–water partition coefficient (Wildman–Crippen LogP) is 1.62. The molecule has 0 bridgehead atoms. The summed E-state index contributed by atoms with van der Waals surface area (Å²) in [5.74, 6) is 0. The molecule has 1 heterocycles. The van der Waals surface area contributed by atoms with Gasteiger partial charge in [-0.2, -0.15) is 0 Å². The number of rotatable bonds is 3. The van der Waals surface area contributed by atoms with Gasteiger partial charge < -0.3 is 0 Å². The average Bonchev–Trinajstić information content (AvgIpc) is 2.31. The van der Waals surface area contributed by atoms with Crippen molar-refractivity contribution in [3.05, 3.63) is 21.9 Å². The molecule has 0 aliphatic rings. The Bertz CT molecular complexity index is 218. The van der Waals surface area contributed by atoms with Crippen LogP contribution in [0.15, 0.2) is 11.4 Å². The Morgan fingerprint density at radius 3 is 2.73 bits per heavy atom. The molecule has 0 saturated carbocycles. The lowest BCUT2D eigenvalue weighted by molar-refractivity contribution is 0.287. The van der Waals surface area contributed by atoms with Crippen molar-refractivity contribution in [1.82, 2.24) is 10.4 Å². The van der Waals surface area contributed by atoms with Crippen molar-refractivity contribution in [3.8, 4) is 0 Å². The van der Waals surface area contributed by atoms with Crippen molar-refractivity contribution in [1.29, 1.82) is 0 Å². The molecule has 0 amide bonds. The van der Waals surface area contributed by atoms with Crippen molar-refractivity contribution < 1.29 is 0 Å². The van der Waals surface area contributed by atoms with Crippen molar-refractivity contribution in [3.63, 3.8) is 0 Å². The highest BCUT2D eigenvalue weighted by molar-refractivity contribution is 7.10. The molecule has 0 aliphatic carbocycles. The van der Waals surface area contributed by atoms with Crippen LogP contribution in [0.2, 0.25) is 0 Å². The summed E-state index contributed by atoms with van der Waals surface area (Å²) >= 11 is 1.80. The lowest BCUT2D eigenvalue weighted by Gasteiger charge is -2.10. The highest BCUT2D eigenvalue weighted by Crippen LogP contribution is 2.14. The monoisotopic (exact) mass is 170 g/mol. The molecule has 0 fully saturated rings. The number of hydrogen-bond acceptors (Lipinski definition) is 3. The first kappa shape index (κ1) is 8.71. The van der Waals surface area contributed by atoms with Crippen LogP contribution in [-0.4, -0.2) is 19.1 Å². The number of nitrogens with one attached hydrogen (secondary N) is 1. The molecule has 62 valence electrons. The van der Waals surface area contributed by atoms with Gasteiger partial charge in [-0.25, -0.2) is 0 Å². The maximum Gasteiger partial charge on any atom is 0.0449 e. The van der Waals surface area contributed by atoms with E-state index < -0.39 is 0 Å². The number of aryl methyl sites for hydroxylation is 1. The highest BCUT2D eigenvalue weighted by Gasteiger charge is 1.98. The first-order valence-corrected chi connectivity index (χ1v) is 4.52. The van der Waals surface area contributed by atoms with Gasteiger partial charge in [0.25, 0.3) is 0 Å². The van der Waals surface area contributed by atoms with Crippen molar-refractivity contribution in [2.75, 3.05) is 14.1 Å². The SMILES string of the molecule is Cc1ccsc1CNN(C)C. The Kier molecular flexibility index (Phi) is 3.05. The third-order valence-electron chi connectivity index (χ3n) is 1.52. The normalized spacial score (nSPS) is 10.9. The van der Waals surface area contributed by atoms with Gasteiger partial charge in [0.2, 0.25) is 0 Å². The van der Waals surface area contributed by atoms with E-state index in [0.717, 1.165) is 6.54 Å². The minimum absolute atomic E-state index is 0.941. The maximum atomic E-state index is 3.23. The first-order valence-electron chi connectivity index (χ1n) is 3.64. The summed E-state index contributed by atoms with van der Waals surface area (Å²) in [5.41, 5.74) is 4.61. The van der Waals surface area contributed by atoms with Gasteiger partial charge in [0.15, 0.2) is 0 Å². The molecule has 11 heavy (non-hydrogen) atoms. The Labute approximate surface area is 71.8 Å². The van der Waals surface area contributed by atoms with Gasteiger partial charge in [0, 0.05) is 25.5 Å². The molecule has 0 unspecified atom stereocenters. The summed E-state index contributed by atoms with van der Waals surface area (Å²) in [6.07, 6.45) is 0. The largest absolute Gasteiger partial charge is 0.250 e. The molecular weight excluding hydrogens is 156 g/mol. The molecular formula is C8H14N2S. The highest BCUT2D eigenvalue weighted by atomic mass is 32.1. The molecule has 0 spiro atoms. The maximum absolute atomic E-state index is 3.23. The molecule has 1 rings (SSSR count). The van der Waals surface area contributed by atoms with Gasteiger partial charge in [0.1, 0.15) is 0 Å². The first-order chi connectivity index (χ1) is 5.20. The van der Waals surface area contributed by atoms with Crippen LogP contribution in [0.1, 0.15) is 10.4 Å². The third-order valence-corrected chi connectivity index (χ3v) is 2.55. The van der Waals surface area contributed by atoms with Crippen LogP contribution in [0.5, 0.6) is 0 Å². The molecule has 0 aliphatic heterocycles. The Morgan fingerprint density at radius 1 is 1.55 bits per heavy atom. The standard InChI is InChI=1S/C8H14N2S/c1-7-4-5-11-8(7)6-9-10(2)3/h4-5,9H,6H2,1-3H3. The predicted molar refractivity (Wildman–Crippen MR) is 49.6 cm³/mol.